The van der Waals surface area contributed by atoms with Crippen LogP contribution in [0.4, 0.5) is 0 Å². The average molecular weight is 427 g/mol. The van der Waals surface area contributed by atoms with Gasteiger partial charge in [-0.25, -0.2) is 4.79 Å². The highest BCUT2D eigenvalue weighted by molar-refractivity contribution is 6.43. The third-order valence-electron chi connectivity index (χ3n) is 5.30. The third-order valence-corrected chi connectivity index (χ3v) is 5.30. The Hall–Kier alpha value is -2.92. The van der Waals surface area contributed by atoms with E-state index >= 15 is 0 Å². The van der Waals surface area contributed by atoms with E-state index in [0.29, 0.717) is 5.56 Å². The van der Waals surface area contributed by atoms with Gasteiger partial charge >= 0.3 is 13.1 Å². The summed E-state index contributed by atoms with van der Waals surface area (Å²) in [7, 11) is -1.90. The number of carboxylic acid groups (broad SMARTS) is 1. The van der Waals surface area contributed by atoms with Crippen molar-refractivity contribution in [2.75, 3.05) is 26.2 Å². The lowest BCUT2D eigenvalue weighted by atomic mass is 9.75. The van der Waals surface area contributed by atoms with E-state index in [-0.39, 0.29) is 17.5 Å². The molecule has 164 valence electrons. The summed E-state index contributed by atoms with van der Waals surface area (Å²) in [6.07, 6.45) is -0.155. The molecule has 0 bridgehead atoms. The van der Waals surface area contributed by atoms with E-state index in [1.165, 1.54) is 18.2 Å². The topological polar surface area (TPSA) is 142 Å². The van der Waals surface area contributed by atoms with Gasteiger partial charge in [0, 0.05) is 38.3 Å². The van der Waals surface area contributed by atoms with Crippen molar-refractivity contribution in [2.45, 2.75) is 18.9 Å². The van der Waals surface area contributed by atoms with Crippen LogP contribution in [0.5, 0.6) is 5.75 Å². The molecule has 6 N–H and O–H groups in total. The van der Waals surface area contributed by atoms with Gasteiger partial charge in [-0.15, -0.1) is 0 Å². The number of aromatic hydroxyl groups is 1. The van der Waals surface area contributed by atoms with Crippen molar-refractivity contribution in [3.63, 3.8) is 0 Å². The van der Waals surface area contributed by atoms with E-state index in [1.807, 2.05) is 12.1 Å². The minimum Gasteiger partial charge on any atom is -0.507 e. The van der Waals surface area contributed by atoms with Gasteiger partial charge in [0.2, 0.25) is 0 Å². The Morgan fingerprint density at radius 2 is 1.77 bits per heavy atom. The number of hydrogen-bond acceptors (Lipinski definition) is 7. The number of piperazine rings is 1. The predicted octanol–water partition coefficient (Wildman–Crippen LogP) is -0.151. The number of carbonyl (C=O) groups excluding carboxylic acids is 1. The summed E-state index contributed by atoms with van der Waals surface area (Å²) in [5.74, 6) is -3.40. The summed E-state index contributed by atoms with van der Waals surface area (Å²) in [4.78, 5) is 26.1. The molecule has 1 amide bonds. The lowest BCUT2D eigenvalue weighted by Crippen LogP contribution is -2.47. The molecule has 9 nitrogen and oxygen atoms in total. The molecular weight excluding hydrogens is 401 g/mol. The second-order valence-corrected chi connectivity index (χ2v) is 7.54. The fourth-order valence-corrected chi connectivity index (χ4v) is 3.54. The number of para-hydroxylation sites is 1. The van der Waals surface area contributed by atoms with Crippen molar-refractivity contribution < 1.29 is 29.9 Å². The lowest BCUT2D eigenvalue weighted by Gasteiger charge is -2.27. The van der Waals surface area contributed by atoms with E-state index in [4.69, 9.17) is 5.11 Å². The molecular formula is C21H26BN3O6. The fraction of sp³-hybridized carbons (Fsp3) is 0.333. The Bertz CT molecular complexity index is 916. The molecule has 3 rings (SSSR count). The number of rotatable bonds is 8. The first kappa shape index (κ1) is 22.8. The maximum atomic E-state index is 12.6. The summed E-state index contributed by atoms with van der Waals surface area (Å²) < 4.78 is 0. The van der Waals surface area contributed by atoms with Crippen LogP contribution in [0.15, 0.2) is 42.5 Å². The molecule has 31 heavy (non-hydrogen) atoms. The molecule has 10 heteroatoms. The van der Waals surface area contributed by atoms with Gasteiger partial charge in [-0.05, 0) is 35.7 Å². The lowest BCUT2D eigenvalue weighted by molar-refractivity contribution is 0.0693. The maximum absolute atomic E-state index is 12.6. The normalized spacial score (nSPS) is 15.3. The summed E-state index contributed by atoms with van der Waals surface area (Å²) in [6, 6.07) is 11.2. The fourth-order valence-electron chi connectivity index (χ4n) is 3.54. The number of carboxylic acids is 1. The minimum absolute atomic E-state index is 0.155. The third kappa shape index (κ3) is 6.05. The zero-order valence-electron chi connectivity index (χ0n) is 17.0. The van der Waals surface area contributed by atoms with Gasteiger partial charge in [-0.1, -0.05) is 24.3 Å². The van der Waals surface area contributed by atoms with Crippen LogP contribution in [0.3, 0.4) is 0 Å². The number of hydrogen-bond donors (Lipinski definition) is 6. The first-order chi connectivity index (χ1) is 14.8. The molecule has 0 spiro atoms. The average Bonchev–Trinajstić information content (AvgIpc) is 2.75. The molecule has 1 fully saturated rings. The van der Waals surface area contributed by atoms with E-state index in [1.54, 1.807) is 12.1 Å². The summed E-state index contributed by atoms with van der Waals surface area (Å²) in [6.45, 7) is 4.63. The molecule has 0 unspecified atom stereocenters. The van der Waals surface area contributed by atoms with Crippen LogP contribution >= 0.6 is 0 Å². The molecule has 2 aromatic rings. The maximum Gasteiger partial charge on any atom is 0.475 e. The number of amides is 1. The molecule has 0 radical (unpaired) electrons. The highest BCUT2D eigenvalue weighted by Gasteiger charge is 2.28. The van der Waals surface area contributed by atoms with Crippen molar-refractivity contribution >= 4 is 19.0 Å². The zero-order chi connectivity index (χ0) is 22.4. The van der Waals surface area contributed by atoms with Crippen LogP contribution < -0.4 is 10.6 Å². The van der Waals surface area contributed by atoms with Gasteiger partial charge in [0.25, 0.3) is 5.91 Å². The highest BCUT2D eigenvalue weighted by Crippen LogP contribution is 2.24. The van der Waals surface area contributed by atoms with Crippen LogP contribution in [0.25, 0.3) is 0 Å². The Morgan fingerprint density at radius 1 is 1.10 bits per heavy atom. The molecule has 1 aliphatic heterocycles. The Kier molecular flexibility index (Phi) is 7.64. The monoisotopic (exact) mass is 427 g/mol. The predicted molar refractivity (Wildman–Crippen MR) is 115 cm³/mol. The highest BCUT2D eigenvalue weighted by atomic mass is 16.4. The molecule has 1 heterocycles. The van der Waals surface area contributed by atoms with Crippen molar-refractivity contribution in [3.8, 4) is 5.75 Å². The Morgan fingerprint density at radius 3 is 2.39 bits per heavy atom. The number of aromatic carboxylic acids is 1. The second-order valence-electron chi connectivity index (χ2n) is 7.54. The molecule has 1 atom stereocenters. The van der Waals surface area contributed by atoms with E-state index < -0.39 is 30.7 Å². The van der Waals surface area contributed by atoms with Crippen molar-refractivity contribution in [3.05, 3.63) is 64.7 Å². The zero-order valence-corrected chi connectivity index (χ0v) is 17.0. The Labute approximate surface area is 180 Å². The molecule has 0 saturated carbocycles. The van der Waals surface area contributed by atoms with Crippen LogP contribution in [-0.2, 0) is 13.0 Å². The molecule has 0 aromatic heterocycles. The SMILES string of the molecule is O=C(N[C@@H](Cc1cccc(C(=O)O)c1O)B(O)O)c1ccc(CN2CCNCC2)cc1. The van der Waals surface area contributed by atoms with E-state index in [0.717, 1.165) is 38.3 Å². The molecule has 1 saturated heterocycles. The van der Waals surface area contributed by atoms with Gasteiger partial charge in [0.05, 0.1) is 5.94 Å². The number of carbonyl (C=O) groups is 2. The molecule has 1 aliphatic rings. The van der Waals surface area contributed by atoms with Gasteiger partial charge in [0.15, 0.2) is 0 Å². The largest absolute Gasteiger partial charge is 0.507 e. The Balaban J connectivity index is 1.65. The minimum atomic E-state index is -1.90. The number of phenols is 1. The standard InChI is InChI=1S/C21H26BN3O6/c26-19-16(2-1-3-17(19)21(28)29)12-18(22(30)31)24-20(27)15-6-4-14(5-7-15)13-25-10-8-23-9-11-25/h1-7,18,23,26,30-31H,8-13H2,(H,24,27)(H,28,29)/t18-/m0/s1. The quantitative estimate of drug-likeness (QED) is 0.320. The van der Waals surface area contributed by atoms with E-state index in [9.17, 15) is 24.7 Å². The van der Waals surface area contributed by atoms with Gasteiger partial charge < -0.3 is 30.9 Å². The first-order valence-corrected chi connectivity index (χ1v) is 10.1. The van der Waals surface area contributed by atoms with Crippen LogP contribution in [0.1, 0.15) is 31.8 Å². The van der Waals surface area contributed by atoms with Crippen molar-refractivity contribution in [1.82, 2.24) is 15.5 Å². The van der Waals surface area contributed by atoms with Gasteiger partial charge in [-0.2, -0.15) is 0 Å². The van der Waals surface area contributed by atoms with Crippen LogP contribution in [-0.4, -0.2) is 76.3 Å². The second kappa shape index (κ2) is 10.4. The molecule has 2 aromatic carbocycles. The number of nitrogens with one attached hydrogen (secondary N) is 2. The smallest absolute Gasteiger partial charge is 0.475 e. The molecule has 0 aliphatic carbocycles. The van der Waals surface area contributed by atoms with Crippen LogP contribution in [0.2, 0.25) is 0 Å². The summed E-state index contributed by atoms with van der Waals surface area (Å²) >= 11 is 0. The number of nitrogens with zero attached hydrogens (tertiary/aromatic N) is 1. The summed E-state index contributed by atoms with van der Waals surface area (Å²) in [5.41, 5.74) is 1.32. The summed E-state index contributed by atoms with van der Waals surface area (Å²) in [5, 5.41) is 44.5. The van der Waals surface area contributed by atoms with E-state index in [2.05, 4.69) is 15.5 Å². The van der Waals surface area contributed by atoms with Gasteiger partial charge in [-0.3, -0.25) is 9.69 Å². The van der Waals surface area contributed by atoms with Crippen LogP contribution in [0, 0.1) is 0 Å². The van der Waals surface area contributed by atoms with Crippen molar-refractivity contribution in [2.24, 2.45) is 0 Å². The van der Waals surface area contributed by atoms with Gasteiger partial charge in [0.1, 0.15) is 11.3 Å². The number of benzene rings is 2. The first-order valence-electron chi connectivity index (χ1n) is 10.1. The van der Waals surface area contributed by atoms with Crippen molar-refractivity contribution in [1.29, 1.82) is 0 Å².